The van der Waals surface area contributed by atoms with Gasteiger partial charge in [0.25, 0.3) is 15.9 Å². The first-order chi connectivity index (χ1) is 17.9. The smallest absolute Gasteiger partial charge is 0.260 e. The minimum absolute atomic E-state index is 0.0144. The predicted molar refractivity (Wildman–Crippen MR) is 131 cm³/mol. The van der Waals surface area contributed by atoms with Crippen molar-refractivity contribution in [1.29, 1.82) is 0 Å². The number of aryl methyl sites for hydroxylation is 1. The molecule has 37 heavy (non-hydrogen) atoms. The van der Waals surface area contributed by atoms with Gasteiger partial charge in [-0.25, -0.2) is 22.8 Å². The van der Waals surface area contributed by atoms with E-state index >= 15 is 0 Å². The molecule has 0 fully saturated rings. The second-order valence-electron chi connectivity index (χ2n) is 8.91. The number of anilines is 1. The lowest BCUT2D eigenvalue weighted by molar-refractivity contribution is 0.102. The van der Waals surface area contributed by atoms with Gasteiger partial charge in [-0.1, -0.05) is 12.1 Å². The SMILES string of the molecule is O=C(Nc1cccc(-c2nnc3n2CCC3)n1)c1cc2c(cc1F)CCN(S(=O)(=O)c1ccccn1)C2. The molecule has 5 heterocycles. The molecule has 1 N–H and O–H groups in total. The molecule has 188 valence electrons. The van der Waals surface area contributed by atoms with Crippen LogP contribution in [0.5, 0.6) is 0 Å². The number of benzene rings is 1. The van der Waals surface area contributed by atoms with E-state index in [0.29, 0.717) is 29.1 Å². The summed E-state index contributed by atoms with van der Waals surface area (Å²) in [6.45, 7) is 1.02. The number of hydrogen-bond acceptors (Lipinski definition) is 7. The maximum atomic E-state index is 14.9. The first-order valence-electron chi connectivity index (χ1n) is 11.8. The lowest BCUT2D eigenvalue weighted by atomic mass is 9.97. The number of carbonyl (C=O) groups is 1. The fourth-order valence-electron chi connectivity index (χ4n) is 4.72. The molecular formula is C25H22FN7O3S. The van der Waals surface area contributed by atoms with Crippen LogP contribution in [0.1, 0.15) is 33.7 Å². The highest BCUT2D eigenvalue weighted by atomic mass is 32.2. The van der Waals surface area contributed by atoms with Crippen molar-refractivity contribution in [3.63, 3.8) is 0 Å². The maximum Gasteiger partial charge on any atom is 0.260 e. The summed E-state index contributed by atoms with van der Waals surface area (Å²) >= 11 is 0. The maximum absolute atomic E-state index is 14.9. The third-order valence-electron chi connectivity index (χ3n) is 6.58. The Balaban J connectivity index is 1.24. The van der Waals surface area contributed by atoms with Crippen LogP contribution in [0.2, 0.25) is 0 Å². The van der Waals surface area contributed by atoms with E-state index < -0.39 is 21.7 Å². The Morgan fingerprint density at radius 1 is 1.00 bits per heavy atom. The molecule has 0 atom stereocenters. The fourth-order valence-corrected chi connectivity index (χ4v) is 6.07. The first-order valence-corrected chi connectivity index (χ1v) is 13.3. The molecule has 0 bridgehead atoms. The van der Waals surface area contributed by atoms with Gasteiger partial charge >= 0.3 is 0 Å². The second-order valence-corrected chi connectivity index (χ2v) is 10.8. The van der Waals surface area contributed by atoms with Gasteiger partial charge in [0, 0.05) is 32.3 Å². The van der Waals surface area contributed by atoms with Crippen molar-refractivity contribution in [3.8, 4) is 11.5 Å². The molecule has 0 saturated carbocycles. The highest BCUT2D eigenvalue weighted by Gasteiger charge is 2.30. The average molecular weight is 520 g/mol. The molecule has 12 heteroatoms. The Hall–Kier alpha value is -4.03. The molecular weight excluding hydrogens is 497 g/mol. The van der Waals surface area contributed by atoms with E-state index in [2.05, 4.69) is 25.5 Å². The molecule has 1 amide bonds. The molecule has 0 radical (unpaired) electrons. The molecule has 0 spiro atoms. The summed E-state index contributed by atoms with van der Waals surface area (Å²) in [6.07, 6.45) is 3.60. The highest BCUT2D eigenvalue weighted by molar-refractivity contribution is 7.89. The number of nitrogens with one attached hydrogen (secondary N) is 1. The van der Waals surface area contributed by atoms with E-state index in [-0.39, 0.29) is 29.5 Å². The van der Waals surface area contributed by atoms with E-state index in [0.717, 1.165) is 25.2 Å². The molecule has 0 aliphatic carbocycles. The number of hydrogen-bond donors (Lipinski definition) is 1. The summed E-state index contributed by atoms with van der Waals surface area (Å²) in [6, 6.07) is 12.5. The standard InChI is InChI=1S/C25H22FN7O3S/c26-19-14-16-9-12-32(37(35,36)23-8-1-2-10-27-23)15-17(16)13-18(19)25(34)29-21-6-3-5-20(28-21)24-31-30-22-7-4-11-33(22)24/h1-3,5-6,8,10,13-14H,4,7,9,11-12,15H2,(H,28,29,34). The zero-order valence-corrected chi connectivity index (χ0v) is 20.4. The summed E-state index contributed by atoms with van der Waals surface area (Å²) in [5, 5.41) is 11.0. The van der Waals surface area contributed by atoms with Gasteiger partial charge in [0.05, 0.1) is 5.56 Å². The Kier molecular flexibility index (Phi) is 5.76. The number of aromatic nitrogens is 5. The van der Waals surface area contributed by atoms with Crippen LogP contribution in [-0.4, -0.2) is 49.9 Å². The average Bonchev–Trinajstić information content (AvgIpc) is 3.53. The van der Waals surface area contributed by atoms with Crippen molar-refractivity contribution in [2.75, 3.05) is 11.9 Å². The molecule has 3 aromatic heterocycles. The monoisotopic (exact) mass is 519 g/mol. The van der Waals surface area contributed by atoms with Crippen molar-refractivity contribution in [1.82, 2.24) is 29.0 Å². The molecule has 0 unspecified atom stereocenters. The normalized spacial score (nSPS) is 15.3. The quantitative estimate of drug-likeness (QED) is 0.430. The second kappa shape index (κ2) is 9.12. The van der Waals surface area contributed by atoms with Crippen molar-refractivity contribution in [2.24, 2.45) is 0 Å². The van der Waals surface area contributed by atoms with Gasteiger partial charge in [-0.2, -0.15) is 4.31 Å². The first kappa shape index (κ1) is 23.4. The molecule has 1 aromatic carbocycles. The van der Waals surface area contributed by atoms with E-state index in [9.17, 15) is 17.6 Å². The van der Waals surface area contributed by atoms with Gasteiger partial charge in [0.1, 0.15) is 23.2 Å². The third kappa shape index (κ3) is 4.27. The molecule has 2 aliphatic heterocycles. The summed E-state index contributed by atoms with van der Waals surface area (Å²) in [5.74, 6) is 0.415. The molecule has 10 nitrogen and oxygen atoms in total. The number of fused-ring (bicyclic) bond motifs is 2. The lowest BCUT2D eigenvalue weighted by Gasteiger charge is -2.28. The largest absolute Gasteiger partial charge is 0.310 e. The molecule has 0 saturated heterocycles. The summed E-state index contributed by atoms with van der Waals surface area (Å²) in [7, 11) is -3.82. The van der Waals surface area contributed by atoms with Crippen LogP contribution in [0.4, 0.5) is 10.2 Å². The zero-order chi connectivity index (χ0) is 25.6. The number of nitrogens with zero attached hydrogens (tertiary/aromatic N) is 6. The number of pyridine rings is 2. The highest BCUT2D eigenvalue weighted by Crippen LogP contribution is 2.27. The van der Waals surface area contributed by atoms with Gasteiger partial charge < -0.3 is 9.88 Å². The summed E-state index contributed by atoms with van der Waals surface area (Å²) in [4.78, 5) is 21.5. The topological polar surface area (TPSA) is 123 Å². The van der Waals surface area contributed by atoms with E-state index in [4.69, 9.17) is 0 Å². The van der Waals surface area contributed by atoms with Gasteiger partial charge in [-0.3, -0.25) is 4.79 Å². The van der Waals surface area contributed by atoms with Crippen LogP contribution < -0.4 is 5.32 Å². The molecule has 6 rings (SSSR count). The van der Waals surface area contributed by atoms with Crippen LogP contribution in [0, 0.1) is 5.82 Å². The van der Waals surface area contributed by atoms with Crippen LogP contribution in [0.15, 0.2) is 59.8 Å². The minimum atomic E-state index is -3.82. The third-order valence-corrected chi connectivity index (χ3v) is 8.34. The Morgan fingerprint density at radius 3 is 2.73 bits per heavy atom. The van der Waals surface area contributed by atoms with Crippen molar-refractivity contribution in [2.45, 2.75) is 37.4 Å². The van der Waals surface area contributed by atoms with Crippen LogP contribution >= 0.6 is 0 Å². The van der Waals surface area contributed by atoms with Gasteiger partial charge in [-0.15, -0.1) is 10.2 Å². The number of rotatable bonds is 5. The van der Waals surface area contributed by atoms with E-state index in [1.54, 1.807) is 30.3 Å². The Labute approximate surface area is 212 Å². The number of carbonyl (C=O) groups excluding carboxylic acids is 1. The Bertz CT molecular complexity index is 1620. The number of amides is 1. The van der Waals surface area contributed by atoms with E-state index in [1.807, 2.05) is 4.57 Å². The summed E-state index contributed by atoms with van der Waals surface area (Å²) in [5.41, 5.74) is 1.60. The number of halogens is 1. The predicted octanol–water partition coefficient (Wildman–Crippen LogP) is 2.82. The van der Waals surface area contributed by atoms with Crippen LogP contribution in [0.3, 0.4) is 0 Å². The minimum Gasteiger partial charge on any atom is -0.310 e. The molecule has 4 aromatic rings. The van der Waals surface area contributed by atoms with Gasteiger partial charge in [0.2, 0.25) is 0 Å². The zero-order valence-electron chi connectivity index (χ0n) is 19.6. The Morgan fingerprint density at radius 2 is 1.89 bits per heavy atom. The molecule has 2 aliphatic rings. The van der Waals surface area contributed by atoms with Crippen LogP contribution in [-0.2, 0) is 36.0 Å². The van der Waals surface area contributed by atoms with Crippen LogP contribution in [0.25, 0.3) is 11.5 Å². The van der Waals surface area contributed by atoms with E-state index in [1.165, 1.54) is 28.7 Å². The van der Waals surface area contributed by atoms with Gasteiger partial charge in [0.15, 0.2) is 10.9 Å². The van der Waals surface area contributed by atoms with Crippen molar-refractivity contribution >= 4 is 21.7 Å². The lowest BCUT2D eigenvalue weighted by Crippen LogP contribution is -2.36. The summed E-state index contributed by atoms with van der Waals surface area (Å²) < 4.78 is 44.3. The number of sulfonamides is 1. The fraction of sp³-hybridized carbons (Fsp3) is 0.240. The van der Waals surface area contributed by atoms with Crippen molar-refractivity contribution in [3.05, 3.63) is 83.1 Å². The van der Waals surface area contributed by atoms with Gasteiger partial charge in [-0.05, 0) is 60.4 Å². The van der Waals surface area contributed by atoms with Crippen molar-refractivity contribution < 1.29 is 17.6 Å².